The molecule has 0 saturated heterocycles. The van der Waals surface area contributed by atoms with Crippen LogP contribution in [0.3, 0.4) is 0 Å². The summed E-state index contributed by atoms with van der Waals surface area (Å²) in [5, 5.41) is 0. The van der Waals surface area contributed by atoms with Gasteiger partial charge in [0.05, 0.1) is 33.2 Å². The van der Waals surface area contributed by atoms with Gasteiger partial charge in [0, 0.05) is 22.6 Å². The van der Waals surface area contributed by atoms with Crippen molar-refractivity contribution < 1.29 is 28.6 Å². The lowest BCUT2D eigenvalue weighted by atomic mass is 9.69. The third kappa shape index (κ3) is 4.81. The molecule has 6 nitrogen and oxygen atoms in total. The second kappa shape index (κ2) is 11.0. The van der Waals surface area contributed by atoms with Crippen molar-refractivity contribution in [2.75, 3.05) is 21.3 Å². The third-order valence-corrected chi connectivity index (χ3v) is 7.37. The first kappa shape index (κ1) is 25.9. The molecule has 0 unspecified atom stereocenters. The van der Waals surface area contributed by atoms with Gasteiger partial charge in [0.2, 0.25) is 0 Å². The summed E-state index contributed by atoms with van der Waals surface area (Å²) in [6.45, 7) is 0. The number of benzene rings is 4. The minimum absolute atomic E-state index is 0.208. The van der Waals surface area contributed by atoms with Gasteiger partial charge in [-0.25, -0.2) is 0 Å². The second-order valence-electron chi connectivity index (χ2n) is 9.39. The Morgan fingerprint density at radius 3 is 1.44 bits per heavy atom. The van der Waals surface area contributed by atoms with Gasteiger partial charge in [-0.1, -0.05) is 48.5 Å². The molecule has 196 valence electrons. The van der Waals surface area contributed by atoms with Gasteiger partial charge in [-0.3, -0.25) is 14.4 Å². The first-order chi connectivity index (χ1) is 19.0. The number of Topliss-reactive ketones (excluding diaryl/α,β-unsaturated/α-hetero) is 3. The molecule has 0 radical (unpaired) electrons. The highest BCUT2D eigenvalue weighted by atomic mass is 16.5. The van der Waals surface area contributed by atoms with Crippen LogP contribution in [-0.4, -0.2) is 38.7 Å². The number of ether oxygens (including phenoxy) is 3. The van der Waals surface area contributed by atoms with Crippen LogP contribution in [0.5, 0.6) is 17.2 Å². The Labute approximate surface area is 227 Å². The molecule has 4 aromatic carbocycles. The molecule has 1 aliphatic rings. The summed E-state index contributed by atoms with van der Waals surface area (Å²) >= 11 is 0. The first-order valence-corrected chi connectivity index (χ1v) is 12.6. The van der Waals surface area contributed by atoms with Crippen LogP contribution in [0.4, 0.5) is 0 Å². The fourth-order valence-electron chi connectivity index (χ4n) is 5.36. The highest BCUT2D eigenvalue weighted by Crippen LogP contribution is 2.46. The molecule has 0 heterocycles. The molecular formula is C33H28O6. The van der Waals surface area contributed by atoms with E-state index < -0.39 is 17.8 Å². The number of fused-ring (bicyclic) bond motifs is 1. The van der Waals surface area contributed by atoms with Crippen LogP contribution >= 0.6 is 0 Å². The smallest absolute Gasteiger partial charge is 0.175 e. The highest BCUT2D eigenvalue weighted by Gasteiger charge is 2.48. The summed E-state index contributed by atoms with van der Waals surface area (Å²) in [5.74, 6) is -1.56. The van der Waals surface area contributed by atoms with E-state index in [1.807, 2.05) is 24.3 Å². The van der Waals surface area contributed by atoms with E-state index in [0.29, 0.717) is 45.1 Å². The molecule has 6 heteroatoms. The Balaban J connectivity index is 1.71. The average Bonchev–Trinajstić information content (AvgIpc) is 3.25. The van der Waals surface area contributed by atoms with Gasteiger partial charge < -0.3 is 14.2 Å². The third-order valence-electron chi connectivity index (χ3n) is 7.37. The predicted octanol–water partition coefficient (Wildman–Crippen LogP) is 6.16. The van der Waals surface area contributed by atoms with Crippen molar-refractivity contribution in [2.45, 2.75) is 11.8 Å². The van der Waals surface area contributed by atoms with E-state index in [-0.39, 0.29) is 17.3 Å². The lowest BCUT2D eigenvalue weighted by Gasteiger charge is -2.31. The number of carbonyl (C=O) groups is 3. The Hall–Kier alpha value is -4.71. The zero-order chi connectivity index (χ0) is 27.5. The van der Waals surface area contributed by atoms with Crippen LogP contribution in [0, 0.1) is 5.92 Å². The second-order valence-corrected chi connectivity index (χ2v) is 9.39. The monoisotopic (exact) mass is 520 g/mol. The van der Waals surface area contributed by atoms with Crippen LogP contribution in [-0.2, 0) is 0 Å². The van der Waals surface area contributed by atoms with Crippen molar-refractivity contribution in [2.24, 2.45) is 5.92 Å². The quantitative estimate of drug-likeness (QED) is 0.194. The van der Waals surface area contributed by atoms with E-state index in [0.717, 1.165) is 0 Å². The summed E-state index contributed by atoms with van der Waals surface area (Å²) in [7, 11) is 4.70. The van der Waals surface area contributed by atoms with Gasteiger partial charge in [-0.05, 0) is 59.7 Å². The maximum Gasteiger partial charge on any atom is 0.175 e. The molecule has 2 atom stereocenters. The van der Waals surface area contributed by atoms with Crippen LogP contribution < -0.4 is 14.2 Å². The minimum atomic E-state index is -1.06. The maximum atomic E-state index is 14.4. The summed E-state index contributed by atoms with van der Waals surface area (Å²) in [5.41, 5.74) is 2.59. The fraction of sp³-hybridized carbons (Fsp3) is 0.182. The Morgan fingerprint density at radius 2 is 1.00 bits per heavy atom. The first-order valence-electron chi connectivity index (χ1n) is 12.6. The van der Waals surface area contributed by atoms with E-state index in [1.54, 1.807) is 94.1 Å². The molecule has 0 aliphatic heterocycles. The normalized spacial score (nSPS) is 14.4. The summed E-state index contributed by atoms with van der Waals surface area (Å²) in [6, 6.07) is 28.1. The molecule has 0 aromatic heterocycles. The highest BCUT2D eigenvalue weighted by molar-refractivity contribution is 6.27. The molecule has 1 aliphatic carbocycles. The van der Waals surface area contributed by atoms with E-state index >= 15 is 0 Å². The Morgan fingerprint density at radius 1 is 0.590 bits per heavy atom. The van der Waals surface area contributed by atoms with E-state index in [4.69, 9.17) is 14.2 Å². The zero-order valence-electron chi connectivity index (χ0n) is 21.9. The zero-order valence-corrected chi connectivity index (χ0v) is 21.9. The van der Waals surface area contributed by atoms with Crippen LogP contribution in [0.25, 0.3) is 0 Å². The molecule has 0 N–H and O–H groups in total. The number of ketones is 3. The lowest BCUT2D eigenvalue weighted by molar-refractivity contribution is 0.0788. The molecule has 0 amide bonds. The van der Waals surface area contributed by atoms with Crippen molar-refractivity contribution in [3.8, 4) is 17.2 Å². The number of methoxy groups -OCH3 is 3. The number of hydrogen-bond donors (Lipinski definition) is 0. The standard InChI is InChI=1S/C33H28O6/c1-37-23-14-8-20(9-15-23)28(30-32(35)26-6-4-5-7-27(26)33(30)36)29(21-10-16-24(38-2)17-11-21)31(34)22-12-18-25(39-3)19-13-22/h4-19,28-30H,1-3H3/t28-,29+/m1/s1. The molecule has 4 aromatic rings. The van der Waals surface area contributed by atoms with Gasteiger partial charge in [0.25, 0.3) is 0 Å². The number of carbonyl (C=O) groups excluding carboxylic acids is 3. The largest absolute Gasteiger partial charge is 0.497 e. The van der Waals surface area contributed by atoms with E-state index in [9.17, 15) is 14.4 Å². The number of rotatable bonds is 9. The van der Waals surface area contributed by atoms with Crippen molar-refractivity contribution >= 4 is 17.3 Å². The minimum Gasteiger partial charge on any atom is -0.497 e. The SMILES string of the molecule is COc1ccc(C(=O)[C@@H](c2ccc(OC)cc2)[C@@H](c2ccc(OC)cc2)C2C(=O)c3ccccc3C2=O)cc1. The van der Waals surface area contributed by atoms with Gasteiger partial charge in [0.15, 0.2) is 17.3 Å². The molecule has 0 saturated carbocycles. The van der Waals surface area contributed by atoms with E-state index in [2.05, 4.69) is 0 Å². The molecule has 39 heavy (non-hydrogen) atoms. The van der Waals surface area contributed by atoms with Crippen molar-refractivity contribution in [3.63, 3.8) is 0 Å². The van der Waals surface area contributed by atoms with E-state index in [1.165, 1.54) is 0 Å². The van der Waals surface area contributed by atoms with Crippen molar-refractivity contribution in [3.05, 3.63) is 125 Å². The van der Waals surface area contributed by atoms with Gasteiger partial charge in [-0.15, -0.1) is 0 Å². The van der Waals surface area contributed by atoms with Crippen molar-refractivity contribution in [1.29, 1.82) is 0 Å². The van der Waals surface area contributed by atoms with Crippen LogP contribution in [0.15, 0.2) is 97.1 Å². The Kier molecular flexibility index (Phi) is 7.28. The predicted molar refractivity (Wildman–Crippen MR) is 147 cm³/mol. The topological polar surface area (TPSA) is 78.9 Å². The maximum absolute atomic E-state index is 14.4. The Bertz CT molecular complexity index is 1470. The fourth-order valence-corrected chi connectivity index (χ4v) is 5.36. The number of hydrogen-bond acceptors (Lipinski definition) is 6. The summed E-state index contributed by atoms with van der Waals surface area (Å²) in [6.07, 6.45) is 0. The summed E-state index contributed by atoms with van der Waals surface area (Å²) < 4.78 is 16.0. The van der Waals surface area contributed by atoms with Crippen LogP contribution in [0.1, 0.15) is 54.0 Å². The van der Waals surface area contributed by atoms with Gasteiger partial charge in [-0.2, -0.15) is 0 Å². The summed E-state index contributed by atoms with van der Waals surface area (Å²) in [4.78, 5) is 42.0. The molecule has 0 spiro atoms. The average molecular weight is 521 g/mol. The molecule has 0 fully saturated rings. The molecule has 5 rings (SSSR count). The molecular weight excluding hydrogens is 492 g/mol. The van der Waals surface area contributed by atoms with Gasteiger partial charge >= 0.3 is 0 Å². The van der Waals surface area contributed by atoms with Gasteiger partial charge in [0.1, 0.15) is 17.2 Å². The lowest BCUT2D eigenvalue weighted by Crippen LogP contribution is -2.32. The van der Waals surface area contributed by atoms with Crippen LogP contribution in [0.2, 0.25) is 0 Å². The molecule has 0 bridgehead atoms. The van der Waals surface area contributed by atoms with Crippen molar-refractivity contribution in [1.82, 2.24) is 0 Å².